The molecule has 3 heterocycles. The molecule has 2 aromatic heterocycles. The first-order valence-electron chi connectivity index (χ1n) is 10.5. The summed E-state index contributed by atoms with van der Waals surface area (Å²) in [6.45, 7) is 2.86. The second-order valence-corrected chi connectivity index (χ2v) is 10.8. The van der Waals surface area contributed by atoms with Crippen LogP contribution in [0.25, 0.3) is 10.8 Å². The van der Waals surface area contributed by atoms with Crippen LogP contribution in [-0.4, -0.2) is 46.5 Å². The van der Waals surface area contributed by atoms with Gasteiger partial charge in [-0.3, -0.25) is 0 Å². The van der Waals surface area contributed by atoms with Crippen LogP contribution in [0.2, 0.25) is 0 Å². The summed E-state index contributed by atoms with van der Waals surface area (Å²) in [5, 5.41) is 4.31. The number of hydrogen-bond donors (Lipinski definition) is 1. The molecule has 12 heteroatoms. The van der Waals surface area contributed by atoms with Crippen LogP contribution in [0.3, 0.4) is 0 Å². The molecule has 1 N–H and O–H groups in total. The maximum atomic E-state index is 13.3. The molecular weight excluding hydrogens is 523 g/mol. The molecule has 2 unspecified atom stereocenters. The number of pyridine rings is 1. The van der Waals surface area contributed by atoms with Crippen molar-refractivity contribution < 1.29 is 21.6 Å². The summed E-state index contributed by atoms with van der Waals surface area (Å²) in [4.78, 5) is 8.67. The molecule has 0 spiro atoms. The number of hydrogen-bond acceptors (Lipinski definition) is 5. The topological polar surface area (TPSA) is 80.1 Å². The van der Waals surface area contributed by atoms with E-state index in [2.05, 4.69) is 42.7 Å². The summed E-state index contributed by atoms with van der Waals surface area (Å²) in [7, 11) is -4.20. The second-order valence-electron chi connectivity index (χ2n) is 8.00. The highest BCUT2D eigenvalue weighted by Crippen LogP contribution is 2.38. The van der Waals surface area contributed by atoms with Crippen molar-refractivity contribution in [1.29, 1.82) is 0 Å². The van der Waals surface area contributed by atoms with Gasteiger partial charge in [0.25, 0.3) is 0 Å². The first-order chi connectivity index (χ1) is 15.5. The van der Waals surface area contributed by atoms with E-state index in [1.807, 2.05) is 6.20 Å². The van der Waals surface area contributed by atoms with Crippen LogP contribution < -0.4 is 5.32 Å². The molecular formula is C21H23BrF3N5O2S. The van der Waals surface area contributed by atoms with Crippen molar-refractivity contribution in [3.8, 4) is 0 Å². The maximum absolute atomic E-state index is 13.3. The summed E-state index contributed by atoms with van der Waals surface area (Å²) < 4.78 is 68.4. The van der Waals surface area contributed by atoms with Gasteiger partial charge in [-0.25, -0.2) is 18.4 Å². The van der Waals surface area contributed by atoms with Gasteiger partial charge in [0.15, 0.2) is 0 Å². The van der Waals surface area contributed by atoms with E-state index >= 15 is 0 Å². The van der Waals surface area contributed by atoms with Crippen LogP contribution in [0, 0.1) is 0 Å². The average Bonchev–Trinajstić information content (AvgIpc) is 3.32. The van der Waals surface area contributed by atoms with E-state index in [4.69, 9.17) is 0 Å². The van der Waals surface area contributed by atoms with E-state index < -0.39 is 29.2 Å². The number of imidazole rings is 1. The highest BCUT2D eigenvalue weighted by atomic mass is 79.9. The summed E-state index contributed by atoms with van der Waals surface area (Å²) in [5.41, 5.74) is 0. The van der Waals surface area contributed by atoms with Gasteiger partial charge in [0.2, 0.25) is 10.0 Å². The van der Waals surface area contributed by atoms with Crippen LogP contribution in [0.15, 0.2) is 46.2 Å². The Hall–Kier alpha value is -2.18. The molecule has 1 aliphatic rings. The molecule has 178 valence electrons. The lowest BCUT2D eigenvalue weighted by atomic mass is 10.1. The number of nitrogens with zero attached hydrogens (tertiary/aromatic N) is 4. The second kappa shape index (κ2) is 8.88. The zero-order valence-corrected chi connectivity index (χ0v) is 20.4. The van der Waals surface area contributed by atoms with Gasteiger partial charge in [0, 0.05) is 53.0 Å². The molecule has 0 aliphatic carbocycles. The number of halogens is 4. The molecule has 2 atom stereocenters. The molecule has 0 saturated carbocycles. The Morgan fingerprint density at radius 2 is 2.03 bits per heavy atom. The zero-order chi connectivity index (χ0) is 24.0. The van der Waals surface area contributed by atoms with Crippen molar-refractivity contribution in [3.63, 3.8) is 0 Å². The number of fused-ring (bicyclic) bond motifs is 2. The van der Waals surface area contributed by atoms with E-state index in [-0.39, 0.29) is 23.5 Å². The lowest BCUT2D eigenvalue weighted by molar-refractivity contribution is -0.135. The molecule has 0 fully saturated rings. The van der Waals surface area contributed by atoms with Crippen molar-refractivity contribution in [2.24, 2.45) is 0 Å². The normalized spacial score (nSPS) is 18.8. The fraction of sp³-hybridized carbons (Fsp3) is 0.429. The smallest absolute Gasteiger partial charge is 0.360 e. The number of alkyl halides is 3. The Labute approximate surface area is 198 Å². The van der Waals surface area contributed by atoms with Crippen LogP contribution in [-0.2, 0) is 10.0 Å². The largest absolute Gasteiger partial charge is 0.390 e. The zero-order valence-electron chi connectivity index (χ0n) is 18.0. The monoisotopic (exact) mass is 545 g/mol. The van der Waals surface area contributed by atoms with Gasteiger partial charge in [-0.05, 0) is 31.5 Å². The summed E-state index contributed by atoms with van der Waals surface area (Å²) in [6, 6.07) is 5.31. The van der Waals surface area contributed by atoms with E-state index in [1.54, 1.807) is 24.4 Å². The summed E-state index contributed by atoms with van der Waals surface area (Å²) in [5.74, 6) is 1.36. The fourth-order valence-electron chi connectivity index (χ4n) is 4.16. The molecule has 33 heavy (non-hydrogen) atoms. The van der Waals surface area contributed by atoms with E-state index in [9.17, 15) is 21.6 Å². The lowest BCUT2D eigenvalue weighted by Gasteiger charge is -2.23. The number of benzene rings is 1. The molecule has 0 saturated heterocycles. The van der Waals surface area contributed by atoms with Crippen LogP contribution in [0.5, 0.6) is 0 Å². The highest BCUT2D eigenvalue weighted by molar-refractivity contribution is 9.10. The minimum absolute atomic E-state index is 0.0868. The van der Waals surface area contributed by atoms with Crippen molar-refractivity contribution in [2.45, 2.75) is 49.8 Å². The third-order valence-electron chi connectivity index (χ3n) is 5.80. The van der Waals surface area contributed by atoms with Gasteiger partial charge in [0.1, 0.15) is 16.5 Å². The SMILES string of the molecule is CCN(CCC(F)(F)F)S(=O)(=O)c1cnc(NC2CC(C)n3ccnc32)c2ccc(Br)cc12. The highest BCUT2D eigenvalue weighted by Gasteiger charge is 2.33. The first-order valence-corrected chi connectivity index (χ1v) is 12.7. The fourth-order valence-corrected chi connectivity index (χ4v) is 6.11. The average molecular weight is 546 g/mol. The quantitative estimate of drug-likeness (QED) is 0.437. The molecule has 1 aromatic carbocycles. The standard InChI is InChI=1S/C21H23BrF3N5O2S/c1-3-29(8-6-21(23,24)25)33(31,32)18-12-27-19(15-5-4-14(22)11-16(15)18)28-17-10-13(2)30-9-7-26-20(17)30/h4-5,7,9,11-13,17H,3,6,8,10H2,1-2H3,(H,27,28). The lowest BCUT2D eigenvalue weighted by Crippen LogP contribution is -2.34. The van der Waals surface area contributed by atoms with Crippen LogP contribution >= 0.6 is 15.9 Å². The maximum Gasteiger partial charge on any atom is 0.390 e. The molecule has 7 nitrogen and oxygen atoms in total. The number of sulfonamides is 1. The van der Waals surface area contributed by atoms with E-state index in [1.165, 1.54) is 13.1 Å². The first kappa shape index (κ1) is 24.0. The Bertz CT molecular complexity index is 1280. The van der Waals surface area contributed by atoms with E-state index in [0.29, 0.717) is 21.1 Å². The Kier molecular flexibility index (Phi) is 6.45. The molecule has 1 aliphatic heterocycles. The molecule has 0 amide bonds. The predicted molar refractivity (Wildman–Crippen MR) is 122 cm³/mol. The van der Waals surface area contributed by atoms with Gasteiger partial charge in [-0.2, -0.15) is 17.5 Å². The number of aromatic nitrogens is 3. The van der Waals surface area contributed by atoms with Crippen molar-refractivity contribution in [1.82, 2.24) is 18.8 Å². The third-order valence-corrected chi connectivity index (χ3v) is 8.30. The van der Waals surface area contributed by atoms with Crippen molar-refractivity contribution in [3.05, 3.63) is 47.1 Å². The minimum Gasteiger partial charge on any atom is -0.360 e. The number of rotatable bonds is 7. The van der Waals surface area contributed by atoms with Gasteiger partial charge >= 0.3 is 6.18 Å². The Balaban J connectivity index is 1.73. The summed E-state index contributed by atoms with van der Waals surface area (Å²) in [6.07, 6.45) is -0.0124. The van der Waals surface area contributed by atoms with Gasteiger partial charge in [-0.15, -0.1) is 0 Å². The molecule has 0 radical (unpaired) electrons. The molecule has 4 rings (SSSR count). The Morgan fingerprint density at radius 3 is 2.73 bits per heavy atom. The van der Waals surface area contributed by atoms with Gasteiger partial charge < -0.3 is 9.88 Å². The number of anilines is 1. The van der Waals surface area contributed by atoms with Gasteiger partial charge in [-0.1, -0.05) is 22.9 Å². The third kappa shape index (κ3) is 4.73. The number of nitrogens with one attached hydrogen (secondary N) is 1. The Morgan fingerprint density at radius 1 is 1.27 bits per heavy atom. The minimum atomic E-state index is -4.45. The van der Waals surface area contributed by atoms with Gasteiger partial charge in [0.05, 0.1) is 12.5 Å². The predicted octanol–water partition coefficient (Wildman–Crippen LogP) is 5.27. The van der Waals surface area contributed by atoms with Crippen molar-refractivity contribution >= 4 is 42.5 Å². The molecule has 0 bridgehead atoms. The van der Waals surface area contributed by atoms with Crippen LogP contribution in [0.4, 0.5) is 19.0 Å². The summed E-state index contributed by atoms with van der Waals surface area (Å²) >= 11 is 3.37. The van der Waals surface area contributed by atoms with Crippen LogP contribution in [0.1, 0.15) is 44.6 Å². The van der Waals surface area contributed by atoms with Crippen molar-refractivity contribution in [2.75, 3.05) is 18.4 Å². The molecule has 3 aromatic rings. The van der Waals surface area contributed by atoms with E-state index in [0.717, 1.165) is 16.6 Å².